The van der Waals surface area contributed by atoms with E-state index in [1.54, 1.807) is 0 Å². The van der Waals surface area contributed by atoms with Crippen molar-refractivity contribution >= 4 is 23.0 Å². The van der Waals surface area contributed by atoms with Gasteiger partial charge in [-0.25, -0.2) is 0 Å². The number of hydrogen-bond donors (Lipinski definition) is 3. The second-order valence-electron chi connectivity index (χ2n) is 6.16. The number of unbranched alkanes of at least 4 members (excludes halogenated alkanes) is 1. The van der Waals surface area contributed by atoms with Gasteiger partial charge >= 0.3 is 0 Å². The molecule has 2 rings (SSSR count). The minimum absolute atomic E-state index is 0.443. The second kappa shape index (κ2) is 9.55. The van der Waals surface area contributed by atoms with Gasteiger partial charge in [-0.15, -0.1) is 0 Å². The first-order valence-electron chi connectivity index (χ1n) is 8.72. The third-order valence-electron chi connectivity index (χ3n) is 4.38. The average Bonchev–Trinajstić information content (AvgIpc) is 2.60. The molecule has 130 valence electrons. The number of nitrogen functional groups attached to an aromatic ring is 1. The molecule has 0 aliphatic rings. The third kappa shape index (κ3) is 5.15. The number of benzene rings is 2. The van der Waals surface area contributed by atoms with Crippen molar-refractivity contribution in [3.05, 3.63) is 58.6 Å². The molecule has 0 bridgehead atoms. The highest BCUT2D eigenvalue weighted by Gasteiger charge is 2.10. The van der Waals surface area contributed by atoms with Crippen molar-refractivity contribution in [2.45, 2.75) is 38.5 Å². The summed E-state index contributed by atoms with van der Waals surface area (Å²) in [6.45, 7) is 3.58. The molecule has 2 aromatic carbocycles. The molecule has 0 saturated carbocycles. The Morgan fingerprint density at radius 1 is 1.12 bits per heavy atom. The van der Waals surface area contributed by atoms with Gasteiger partial charge < -0.3 is 16.8 Å². The Morgan fingerprint density at radius 3 is 2.54 bits per heavy atom. The van der Waals surface area contributed by atoms with Gasteiger partial charge in [-0.1, -0.05) is 48.4 Å². The van der Waals surface area contributed by atoms with Crippen LogP contribution >= 0.6 is 11.6 Å². The molecule has 0 aromatic heterocycles. The van der Waals surface area contributed by atoms with E-state index in [1.807, 2.05) is 12.1 Å². The molecule has 0 saturated heterocycles. The Morgan fingerprint density at radius 2 is 1.88 bits per heavy atom. The third-order valence-corrected chi connectivity index (χ3v) is 4.69. The molecule has 5 N–H and O–H groups in total. The van der Waals surface area contributed by atoms with E-state index in [1.165, 1.54) is 11.1 Å². The van der Waals surface area contributed by atoms with E-state index in [0.717, 1.165) is 37.9 Å². The molecule has 2 aromatic rings. The minimum Gasteiger partial charge on any atom is -0.396 e. The summed E-state index contributed by atoms with van der Waals surface area (Å²) < 4.78 is 0. The Bertz CT molecular complexity index is 628. The number of nitrogens with one attached hydrogen (secondary N) is 1. The van der Waals surface area contributed by atoms with Crippen LogP contribution in [0.1, 0.15) is 43.2 Å². The Labute approximate surface area is 150 Å². The average molecular weight is 346 g/mol. The van der Waals surface area contributed by atoms with Crippen molar-refractivity contribution < 1.29 is 0 Å². The van der Waals surface area contributed by atoms with Crippen LogP contribution in [0.25, 0.3) is 0 Å². The summed E-state index contributed by atoms with van der Waals surface area (Å²) in [5.74, 6) is 0.443. The number of aryl methyl sites for hydroxylation is 1. The van der Waals surface area contributed by atoms with Crippen molar-refractivity contribution in [3.63, 3.8) is 0 Å². The van der Waals surface area contributed by atoms with Gasteiger partial charge in [-0.2, -0.15) is 0 Å². The smallest absolute Gasteiger partial charge is 0.0739 e. The Kier molecular flexibility index (Phi) is 7.41. The van der Waals surface area contributed by atoms with E-state index >= 15 is 0 Å². The van der Waals surface area contributed by atoms with Crippen LogP contribution in [0.5, 0.6) is 0 Å². The zero-order chi connectivity index (χ0) is 17.4. The van der Waals surface area contributed by atoms with E-state index in [0.29, 0.717) is 23.2 Å². The molecule has 1 atom stereocenters. The lowest BCUT2D eigenvalue weighted by molar-refractivity contribution is 0.577. The van der Waals surface area contributed by atoms with Gasteiger partial charge in [0, 0.05) is 6.54 Å². The van der Waals surface area contributed by atoms with Crippen LogP contribution in [0.3, 0.4) is 0 Å². The Hall–Kier alpha value is -1.71. The van der Waals surface area contributed by atoms with Gasteiger partial charge in [0.2, 0.25) is 0 Å². The summed E-state index contributed by atoms with van der Waals surface area (Å²) in [5, 5.41) is 3.90. The van der Waals surface area contributed by atoms with Gasteiger partial charge in [0.15, 0.2) is 0 Å². The highest BCUT2D eigenvalue weighted by Crippen LogP contribution is 2.30. The van der Waals surface area contributed by atoms with Crippen LogP contribution in [-0.4, -0.2) is 13.1 Å². The lowest BCUT2D eigenvalue weighted by atomic mass is 9.93. The monoisotopic (exact) mass is 345 g/mol. The predicted octanol–water partition coefficient (Wildman–Crippen LogP) is 4.81. The van der Waals surface area contributed by atoms with Crippen LogP contribution in [0.15, 0.2) is 42.5 Å². The maximum atomic E-state index is 6.24. The molecule has 0 unspecified atom stereocenters. The molecule has 0 aliphatic heterocycles. The maximum absolute atomic E-state index is 6.24. The maximum Gasteiger partial charge on any atom is 0.0739 e. The fourth-order valence-electron chi connectivity index (χ4n) is 3.02. The molecular weight excluding hydrogens is 318 g/mol. The highest BCUT2D eigenvalue weighted by molar-refractivity contribution is 6.33. The van der Waals surface area contributed by atoms with E-state index in [4.69, 9.17) is 23.1 Å². The number of anilines is 2. The topological polar surface area (TPSA) is 64.1 Å². The molecule has 24 heavy (non-hydrogen) atoms. The lowest BCUT2D eigenvalue weighted by Gasteiger charge is -2.15. The van der Waals surface area contributed by atoms with Gasteiger partial charge in [0.1, 0.15) is 0 Å². The van der Waals surface area contributed by atoms with Crippen LogP contribution in [0.4, 0.5) is 11.4 Å². The summed E-state index contributed by atoms with van der Waals surface area (Å²) in [6, 6.07) is 14.6. The van der Waals surface area contributed by atoms with Crippen molar-refractivity contribution in [1.29, 1.82) is 0 Å². The van der Waals surface area contributed by atoms with E-state index < -0.39 is 0 Å². The van der Waals surface area contributed by atoms with Gasteiger partial charge in [0.05, 0.1) is 16.4 Å². The standard InChI is InChI=1S/C20H28ClN3/c1-2-24-19-13-15(12-18(21)20(19)23)8-6-7-11-17(14-22)16-9-4-3-5-10-16/h3-5,9-10,12-13,17,24H,2,6-8,11,14,22-23H2,1H3/t17-/m1/s1. The minimum atomic E-state index is 0.443. The first-order valence-corrected chi connectivity index (χ1v) is 9.10. The molecule has 0 aliphatic carbocycles. The summed E-state index contributed by atoms with van der Waals surface area (Å²) in [7, 11) is 0. The van der Waals surface area contributed by atoms with Crippen molar-refractivity contribution in [1.82, 2.24) is 0 Å². The number of nitrogens with two attached hydrogens (primary N) is 2. The first-order chi connectivity index (χ1) is 11.7. The first kappa shape index (κ1) is 18.6. The van der Waals surface area contributed by atoms with Crippen LogP contribution in [0, 0.1) is 0 Å². The zero-order valence-corrected chi connectivity index (χ0v) is 15.2. The molecule has 0 spiro atoms. The van der Waals surface area contributed by atoms with E-state index in [9.17, 15) is 0 Å². The zero-order valence-electron chi connectivity index (χ0n) is 14.4. The summed E-state index contributed by atoms with van der Waals surface area (Å²) >= 11 is 6.24. The van der Waals surface area contributed by atoms with Crippen LogP contribution < -0.4 is 16.8 Å². The normalized spacial score (nSPS) is 12.1. The molecular formula is C20H28ClN3. The van der Waals surface area contributed by atoms with Crippen LogP contribution in [-0.2, 0) is 6.42 Å². The summed E-state index contributed by atoms with van der Waals surface area (Å²) in [6.07, 6.45) is 4.39. The fourth-order valence-corrected chi connectivity index (χ4v) is 3.26. The molecule has 0 fully saturated rings. The quantitative estimate of drug-likeness (QED) is 0.451. The van der Waals surface area contributed by atoms with Gasteiger partial charge in [-0.05, 0) is 61.9 Å². The molecule has 0 amide bonds. The van der Waals surface area contributed by atoms with Gasteiger partial charge in [-0.3, -0.25) is 0 Å². The number of rotatable bonds is 9. The van der Waals surface area contributed by atoms with Crippen molar-refractivity contribution in [3.8, 4) is 0 Å². The van der Waals surface area contributed by atoms with E-state index in [-0.39, 0.29) is 0 Å². The highest BCUT2D eigenvalue weighted by atomic mass is 35.5. The predicted molar refractivity (Wildman–Crippen MR) is 106 cm³/mol. The molecule has 3 nitrogen and oxygen atoms in total. The second-order valence-corrected chi connectivity index (χ2v) is 6.57. The molecule has 0 radical (unpaired) electrons. The van der Waals surface area contributed by atoms with Gasteiger partial charge in [0.25, 0.3) is 0 Å². The van der Waals surface area contributed by atoms with Crippen LogP contribution in [0.2, 0.25) is 5.02 Å². The van der Waals surface area contributed by atoms with E-state index in [2.05, 4.69) is 42.6 Å². The largest absolute Gasteiger partial charge is 0.396 e. The number of halogens is 1. The SMILES string of the molecule is CCNc1cc(CCCC[C@H](CN)c2ccccc2)cc(Cl)c1N. The summed E-state index contributed by atoms with van der Waals surface area (Å²) in [4.78, 5) is 0. The van der Waals surface area contributed by atoms with Crippen molar-refractivity contribution in [2.24, 2.45) is 5.73 Å². The Balaban J connectivity index is 1.88. The summed E-state index contributed by atoms with van der Waals surface area (Å²) in [5.41, 5.74) is 16.1. The van der Waals surface area contributed by atoms with Crippen molar-refractivity contribution in [2.75, 3.05) is 24.1 Å². The fraction of sp³-hybridized carbons (Fsp3) is 0.400. The molecule has 4 heteroatoms. The lowest BCUT2D eigenvalue weighted by Crippen LogP contribution is -2.12. The molecule has 0 heterocycles. The number of hydrogen-bond acceptors (Lipinski definition) is 3.